The fourth-order valence-corrected chi connectivity index (χ4v) is 2.01. The molecule has 3 aromatic rings. The number of imidazole rings is 1. The van der Waals surface area contributed by atoms with E-state index in [0.717, 1.165) is 6.07 Å². The summed E-state index contributed by atoms with van der Waals surface area (Å²) < 4.78 is 44.0. The van der Waals surface area contributed by atoms with Crippen molar-refractivity contribution in [2.45, 2.75) is 6.18 Å². The van der Waals surface area contributed by atoms with E-state index in [1.807, 2.05) is 0 Å². The van der Waals surface area contributed by atoms with Gasteiger partial charge in [0, 0.05) is 24.8 Å². The number of methoxy groups -OCH3 is 1. The number of carbonyl (C=O) groups excluding carboxylic acids is 1. The molecule has 0 aliphatic carbocycles. The minimum atomic E-state index is -4.48. The Bertz CT molecular complexity index is 872. The van der Waals surface area contributed by atoms with Gasteiger partial charge in [0.05, 0.1) is 18.4 Å². The molecule has 23 heavy (non-hydrogen) atoms. The number of aromatic nitrogens is 4. The van der Waals surface area contributed by atoms with Crippen LogP contribution in [-0.4, -0.2) is 32.4 Å². The van der Waals surface area contributed by atoms with Gasteiger partial charge in [-0.15, -0.1) is 0 Å². The van der Waals surface area contributed by atoms with E-state index in [9.17, 15) is 18.0 Å². The third-order valence-electron chi connectivity index (χ3n) is 3.10. The molecule has 0 amide bonds. The van der Waals surface area contributed by atoms with Crippen LogP contribution in [0.15, 0.2) is 36.9 Å². The maximum absolute atomic E-state index is 12.6. The molecule has 0 saturated heterocycles. The zero-order valence-electron chi connectivity index (χ0n) is 11.7. The van der Waals surface area contributed by atoms with Crippen LogP contribution in [0.2, 0.25) is 0 Å². The number of rotatable bonds is 2. The SMILES string of the molecule is COC(=O)c1cn2ccnc2c(-c2ccc(C(F)(F)F)cn2)n1. The van der Waals surface area contributed by atoms with Gasteiger partial charge >= 0.3 is 12.1 Å². The summed E-state index contributed by atoms with van der Waals surface area (Å²) in [5, 5.41) is 0. The third-order valence-corrected chi connectivity index (χ3v) is 3.10. The number of carbonyl (C=O) groups is 1. The highest BCUT2D eigenvalue weighted by atomic mass is 19.4. The van der Waals surface area contributed by atoms with Gasteiger partial charge in [0.2, 0.25) is 0 Å². The molecule has 0 aromatic carbocycles. The summed E-state index contributed by atoms with van der Waals surface area (Å²) in [6.07, 6.45) is 0.709. The third kappa shape index (κ3) is 2.72. The molecule has 0 unspecified atom stereocenters. The van der Waals surface area contributed by atoms with Crippen molar-refractivity contribution in [3.05, 3.63) is 48.2 Å². The molecule has 0 bridgehead atoms. The Hall–Kier alpha value is -2.97. The maximum atomic E-state index is 12.6. The molecule has 0 N–H and O–H groups in total. The van der Waals surface area contributed by atoms with Crippen molar-refractivity contribution in [2.75, 3.05) is 7.11 Å². The van der Waals surface area contributed by atoms with Gasteiger partial charge in [-0.2, -0.15) is 13.2 Å². The van der Waals surface area contributed by atoms with Gasteiger partial charge in [0.1, 0.15) is 5.69 Å². The highest BCUT2D eigenvalue weighted by molar-refractivity contribution is 5.88. The normalized spacial score (nSPS) is 11.7. The summed E-state index contributed by atoms with van der Waals surface area (Å²) in [6, 6.07) is 2.08. The summed E-state index contributed by atoms with van der Waals surface area (Å²) in [6.45, 7) is 0. The van der Waals surface area contributed by atoms with E-state index in [4.69, 9.17) is 0 Å². The Morgan fingerprint density at radius 1 is 1.26 bits per heavy atom. The van der Waals surface area contributed by atoms with Crippen LogP contribution in [0.1, 0.15) is 16.1 Å². The first-order chi connectivity index (χ1) is 10.9. The zero-order valence-corrected chi connectivity index (χ0v) is 11.7. The molecule has 3 heterocycles. The molecular weight excluding hydrogens is 313 g/mol. The monoisotopic (exact) mass is 322 g/mol. The second kappa shape index (κ2) is 5.34. The van der Waals surface area contributed by atoms with Crippen LogP contribution in [0.25, 0.3) is 17.0 Å². The summed E-state index contributed by atoms with van der Waals surface area (Å²) in [5.74, 6) is -0.672. The number of hydrogen-bond donors (Lipinski definition) is 0. The number of pyridine rings is 1. The van der Waals surface area contributed by atoms with Gasteiger partial charge in [0.25, 0.3) is 0 Å². The topological polar surface area (TPSA) is 69.4 Å². The van der Waals surface area contributed by atoms with Gasteiger partial charge in [-0.25, -0.2) is 14.8 Å². The molecule has 0 aliphatic heterocycles. The predicted octanol–water partition coefficient (Wildman–Crippen LogP) is 2.60. The summed E-state index contributed by atoms with van der Waals surface area (Å²) >= 11 is 0. The summed E-state index contributed by atoms with van der Waals surface area (Å²) in [5.41, 5.74) is -0.157. The lowest BCUT2D eigenvalue weighted by Crippen LogP contribution is -2.09. The van der Waals surface area contributed by atoms with Crippen molar-refractivity contribution in [3.8, 4) is 11.4 Å². The Morgan fingerprint density at radius 3 is 2.65 bits per heavy atom. The number of halogens is 3. The standard InChI is InChI=1S/C14H9F3N4O2/c1-23-13(22)10-7-21-5-4-18-12(21)11(20-10)9-3-2-8(6-19-9)14(15,16)17/h2-7H,1H3. The highest BCUT2D eigenvalue weighted by Crippen LogP contribution is 2.30. The van der Waals surface area contributed by atoms with Crippen LogP contribution in [0.5, 0.6) is 0 Å². The largest absolute Gasteiger partial charge is 0.464 e. The zero-order chi connectivity index (χ0) is 16.6. The number of nitrogens with zero attached hydrogens (tertiary/aromatic N) is 4. The van der Waals surface area contributed by atoms with E-state index in [2.05, 4.69) is 19.7 Å². The Labute approximate surface area is 127 Å². The Kier molecular flexibility index (Phi) is 3.47. The van der Waals surface area contributed by atoms with Crippen molar-refractivity contribution >= 4 is 11.6 Å². The van der Waals surface area contributed by atoms with Gasteiger partial charge in [-0.05, 0) is 12.1 Å². The molecular formula is C14H9F3N4O2. The molecule has 0 saturated carbocycles. The van der Waals surface area contributed by atoms with Gasteiger partial charge < -0.3 is 9.14 Å². The first-order valence-corrected chi connectivity index (χ1v) is 6.36. The molecule has 0 spiro atoms. The average molecular weight is 322 g/mol. The summed E-state index contributed by atoms with van der Waals surface area (Å²) in [7, 11) is 1.21. The van der Waals surface area contributed by atoms with Crippen LogP contribution < -0.4 is 0 Å². The molecule has 0 radical (unpaired) electrons. The highest BCUT2D eigenvalue weighted by Gasteiger charge is 2.30. The van der Waals surface area contributed by atoms with Crippen molar-refractivity contribution in [2.24, 2.45) is 0 Å². The lowest BCUT2D eigenvalue weighted by molar-refractivity contribution is -0.137. The molecule has 0 atom stereocenters. The van der Waals surface area contributed by atoms with E-state index in [1.54, 1.807) is 6.20 Å². The minimum Gasteiger partial charge on any atom is -0.464 e. The van der Waals surface area contributed by atoms with Crippen molar-refractivity contribution in [1.82, 2.24) is 19.4 Å². The van der Waals surface area contributed by atoms with E-state index in [1.165, 1.54) is 30.0 Å². The lowest BCUT2D eigenvalue weighted by atomic mass is 10.2. The Balaban J connectivity index is 2.15. The first-order valence-electron chi connectivity index (χ1n) is 6.36. The molecule has 6 nitrogen and oxygen atoms in total. The molecule has 0 aliphatic rings. The van der Waals surface area contributed by atoms with Gasteiger partial charge in [0.15, 0.2) is 11.3 Å². The molecule has 118 valence electrons. The molecule has 3 aromatic heterocycles. The molecule has 3 rings (SSSR count). The van der Waals surface area contributed by atoms with Crippen LogP contribution in [0.4, 0.5) is 13.2 Å². The number of alkyl halides is 3. The molecule has 9 heteroatoms. The molecule has 0 fully saturated rings. The smallest absolute Gasteiger partial charge is 0.417 e. The van der Waals surface area contributed by atoms with Crippen LogP contribution >= 0.6 is 0 Å². The van der Waals surface area contributed by atoms with Crippen molar-refractivity contribution in [1.29, 1.82) is 0 Å². The number of fused-ring (bicyclic) bond motifs is 1. The first kappa shape index (κ1) is 14.9. The second-order valence-corrected chi connectivity index (χ2v) is 4.55. The fraction of sp³-hybridized carbons (Fsp3) is 0.143. The fourth-order valence-electron chi connectivity index (χ4n) is 2.01. The van der Waals surface area contributed by atoms with Crippen LogP contribution in [0, 0.1) is 0 Å². The van der Waals surface area contributed by atoms with Crippen molar-refractivity contribution < 1.29 is 22.7 Å². The van der Waals surface area contributed by atoms with E-state index in [0.29, 0.717) is 11.8 Å². The van der Waals surface area contributed by atoms with Crippen LogP contribution in [0.3, 0.4) is 0 Å². The minimum absolute atomic E-state index is 0.00491. The summed E-state index contributed by atoms with van der Waals surface area (Å²) in [4.78, 5) is 23.6. The maximum Gasteiger partial charge on any atom is 0.417 e. The number of ether oxygens (including phenoxy) is 1. The van der Waals surface area contributed by atoms with E-state index in [-0.39, 0.29) is 17.1 Å². The van der Waals surface area contributed by atoms with Crippen LogP contribution in [-0.2, 0) is 10.9 Å². The lowest BCUT2D eigenvalue weighted by Gasteiger charge is -2.08. The average Bonchev–Trinajstić information content (AvgIpc) is 3.01. The quantitative estimate of drug-likeness (QED) is 0.678. The Morgan fingerprint density at radius 2 is 2.04 bits per heavy atom. The van der Waals surface area contributed by atoms with Gasteiger partial charge in [-0.3, -0.25) is 4.98 Å². The predicted molar refractivity (Wildman–Crippen MR) is 72.6 cm³/mol. The number of esters is 1. The van der Waals surface area contributed by atoms with Crippen molar-refractivity contribution in [3.63, 3.8) is 0 Å². The number of hydrogen-bond acceptors (Lipinski definition) is 5. The van der Waals surface area contributed by atoms with Gasteiger partial charge in [-0.1, -0.05) is 0 Å². The second-order valence-electron chi connectivity index (χ2n) is 4.55. The van der Waals surface area contributed by atoms with E-state index >= 15 is 0 Å². The van der Waals surface area contributed by atoms with E-state index < -0.39 is 17.7 Å².